The van der Waals surface area contributed by atoms with E-state index in [-0.39, 0.29) is 17.2 Å². The van der Waals surface area contributed by atoms with Crippen molar-refractivity contribution in [2.75, 3.05) is 18.2 Å². The van der Waals surface area contributed by atoms with E-state index in [9.17, 15) is 14.4 Å². The highest BCUT2D eigenvalue weighted by Crippen LogP contribution is 2.25. The number of anilines is 1. The second-order valence-electron chi connectivity index (χ2n) is 6.86. The van der Waals surface area contributed by atoms with Gasteiger partial charge < -0.3 is 10.1 Å². The van der Waals surface area contributed by atoms with Crippen LogP contribution >= 0.6 is 23.1 Å². The fraction of sp³-hybridized carbons (Fsp3) is 0.130. The monoisotopic (exact) mass is 465 g/mol. The Morgan fingerprint density at radius 2 is 1.88 bits per heavy atom. The molecule has 0 atom stereocenters. The number of aryl methyl sites for hydroxylation is 1. The third-order valence-corrected chi connectivity index (χ3v) is 6.56. The Hall–Kier alpha value is -3.43. The normalized spacial score (nSPS) is 10.8. The topological polar surface area (TPSA) is 90.3 Å². The molecule has 9 heteroatoms. The average molecular weight is 466 g/mol. The number of fused-ring (bicyclic) bond motifs is 1. The number of ether oxygens (including phenoxy) is 1. The highest BCUT2D eigenvalue weighted by atomic mass is 32.2. The number of carbonyl (C=O) groups is 2. The van der Waals surface area contributed by atoms with E-state index in [1.54, 1.807) is 34.9 Å². The molecular formula is C23H19N3O4S2. The smallest absolute Gasteiger partial charge is 0.337 e. The van der Waals surface area contributed by atoms with Gasteiger partial charge in [0.1, 0.15) is 4.70 Å². The molecule has 0 spiro atoms. The highest BCUT2D eigenvalue weighted by molar-refractivity contribution is 7.99. The largest absolute Gasteiger partial charge is 0.465 e. The van der Waals surface area contributed by atoms with Crippen molar-refractivity contribution in [2.24, 2.45) is 0 Å². The van der Waals surface area contributed by atoms with E-state index >= 15 is 0 Å². The number of aromatic nitrogens is 2. The van der Waals surface area contributed by atoms with Crippen molar-refractivity contribution >= 4 is 50.9 Å². The Bertz CT molecular complexity index is 1360. The average Bonchev–Trinajstić information content (AvgIpc) is 3.27. The summed E-state index contributed by atoms with van der Waals surface area (Å²) < 4.78 is 6.81. The first-order chi connectivity index (χ1) is 15.5. The van der Waals surface area contributed by atoms with Crippen LogP contribution in [0.4, 0.5) is 5.69 Å². The van der Waals surface area contributed by atoms with Gasteiger partial charge in [-0.2, -0.15) is 0 Å². The predicted molar refractivity (Wildman–Crippen MR) is 127 cm³/mol. The molecule has 4 rings (SSSR count). The lowest BCUT2D eigenvalue weighted by Gasteiger charge is -2.14. The summed E-state index contributed by atoms with van der Waals surface area (Å²) >= 11 is 2.54. The zero-order valence-electron chi connectivity index (χ0n) is 17.3. The maximum Gasteiger partial charge on any atom is 0.337 e. The van der Waals surface area contributed by atoms with Gasteiger partial charge in [0.15, 0.2) is 5.16 Å². The fourth-order valence-electron chi connectivity index (χ4n) is 3.15. The van der Waals surface area contributed by atoms with Crippen molar-refractivity contribution < 1.29 is 14.3 Å². The molecule has 0 radical (unpaired) electrons. The summed E-state index contributed by atoms with van der Waals surface area (Å²) in [4.78, 5) is 41.9. The number of thioether (sulfide) groups is 1. The molecule has 0 aliphatic heterocycles. The number of rotatable bonds is 6. The molecule has 0 saturated carbocycles. The molecule has 32 heavy (non-hydrogen) atoms. The molecule has 0 unspecified atom stereocenters. The number of nitrogens with zero attached hydrogens (tertiary/aromatic N) is 2. The predicted octanol–water partition coefficient (Wildman–Crippen LogP) is 4.27. The lowest BCUT2D eigenvalue weighted by atomic mass is 10.2. The molecule has 0 aliphatic rings. The minimum Gasteiger partial charge on any atom is -0.465 e. The molecular weight excluding hydrogens is 446 g/mol. The van der Waals surface area contributed by atoms with Crippen LogP contribution in [-0.2, 0) is 9.53 Å². The standard InChI is InChI=1S/C23H19N3O4S2/c1-14-5-3-4-6-18(14)26-21(28)20-17(11-12-31-20)25-23(26)32-13-19(27)24-16-9-7-15(8-10-16)22(29)30-2/h3-12H,13H2,1-2H3,(H,24,27). The molecule has 0 fully saturated rings. The number of amides is 1. The first kappa shape index (κ1) is 21.8. The van der Waals surface area contributed by atoms with E-state index in [1.165, 1.54) is 30.2 Å². The summed E-state index contributed by atoms with van der Waals surface area (Å²) in [6.07, 6.45) is 0. The van der Waals surface area contributed by atoms with Crippen LogP contribution in [0.15, 0.2) is 69.9 Å². The number of hydrogen-bond donors (Lipinski definition) is 1. The minimum absolute atomic E-state index is 0.0622. The van der Waals surface area contributed by atoms with Crippen LogP contribution in [0.5, 0.6) is 0 Å². The van der Waals surface area contributed by atoms with E-state index in [0.717, 1.165) is 11.3 Å². The van der Waals surface area contributed by atoms with Crippen molar-refractivity contribution in [1.29, 1.82) is 0 Å². The van der Waals surface area contributed by atoms with Gasteiger partial charge in [-0.25, -0.2) is 9.78 Å². The van der Waals surface area contributed by atoms with Gasteiger partial charge in [-0.1, -0.05) is 30.0 Å². The van der Waals surface area contributed by atoms with E-state index in [0.29, 0.717) is 26.6 Å². The Morgan fingerprint density at radius 1 is 1.12 bits per heavy atom. The van der Waals surface area contributed by atoms with E-state index in [4.69, 9.17) is 0 Å². The van der Waals surface area contributed by atoms with E-state index < -0.39 is 5.97 Å². The van der Waals surface area contributed by atoms with Crippen molar-refractivity contribution in [3.63, 3.8) is 0 Å². The van der Waals surface area contributed by atoms with Gasteiger partial charge in [0.2, 0.25) is 5.91 Å². The zero-order valence-corrected chi connectivity index (χ0v) is 19.0. The molecule has 0 saturated heterocycles. The van der Waals surface area contributed by atoms with E-state index in [2.05, 4.69) is 15.0 Å². The summed E-state index contributed by atoms with van der Waals surface area (Å²) in [6, 6.07) is 15.8. The number of esters is 1. The van der Waals surface area contributed by atoms with Crippen LogP contribution in [0.3, 0.4) is 0 Å². The Morgan fingerprint density at radius 3 is 2.59 bits per heavy atom. The lowest BCUT2D eigenvalue weighted by molar-refractivity contribution is -0.113. The SMILES string of the molecule is COC(=O)c1ccc(NC(=O)CSc2nc3ccsc3c(=O)n2-c2ccccc2C)cc1. The van der Waals surface area contributed by atoms with Crippen molar-refractivity contribution in [3.8, 4) is 5.69 Å². The number of benzene rings is 2. The maximum atomic E-state index is 13.2. The third kappa shape index (κ3) is 4.44. The molecule has 2 aromatic carbocycles. The van der Waals surface area contributed by atoms with Crippen LogP contribution in [0.25, 0.3) is 15.9 Å². The van der Waals surface area contributed by atoms with Gasteiger partial charge in [0.05, 0.1) is 29.6 Å². The number of para-hydroxylation sites is 1. The van der Waals surface area contributed by atoms with Gasteiger partial charge in [-0.15, -0.1) is 11.3 Å². The van der Waals surface area contributed by atoms with Crippen molar-refractivity contribution in [2.45, 2.75) is 12.1 Å². The van der Waals surface area contributed by atoms with Crippen molar-refractivity contribution in [1.82, 2.24) is 9.55 Å². The third-order valence-electron chi connectivity index (χ3n) is 4.73. The molecule has 4 aromatic rings. The van der Waals surface area contributed by atoms with Crippen LogP contribution in [-0.4, -0.2) is 34.3 Å². The van der Waals surface area contributed by atoms with E-state index in [1.807, 2.05) is 36.6 Å². The quantitative estimate of drug-likeness (QED) is 0.260. The molecule has 1 amide bonds. The van der Waals surface area contributed by atoms with Gasteiger partial charge in [0.25, 0.3) is 5.56 Å². The summed E-state index contributed by atoms with van der Waals surface area (Å²) in [5.41, 5.74) is 3.09. The Balaban J connectivity index is 1.57. The number of methoxy groups -OCH3 is 1. The highest BCUT2D eigenvalue weighted by Gasteiger charge is 2.17. The molecule has 2 heterocycles. The molecule has 7 nitrogen and oxygen atoms in total. The second-order valence-corrected chi connectivity index (χ2v) is 8.72. The van der Waals surface area contributed by atoms with Crippen LogP contribution in [0, 0.1) is 6.92 Å². The summed E-state index contributed by atoms with van der Waals surface area (Å²) in [6.45, 7) is 1.93. The molecule has 1 N–H and O–H groups in total. The maximum absolute atomic E-state index is 13.2. The lowest BCUT2D eigenvalue weighted by Crippen LogP contribution is -2.22. The fourth-order valence-corrected chi connectivity index (χ4v) is 4.72. The van der Waals surface area contributed by atoms with Crippen LogP contribution < -0.4 is 10.9 Å². The Kier molecular flexibility index (Phi) is 6.38. The zero-order chi connectivity index (χ0) is 22.7. The van der Waals surface area contributed by atoms with Gasteiger partial charge in [-0.3, -0.25) is 14.2 Å². The van der Waals surface area contributed by atoms with Crippen LogP contribution in [0.2, 0.25) is 0 Å². The summed E-state index contributed by atoms with van der Waals surface area (Å²) in [5.74, 6) is -0.633. The summed E-state index contributed by atoms with van der Waals surface area (Å²) in [5, 5.41) is 5.07. The number of nitrogens with one attached hydrogen (secondary N) is 1. The number of thiophene rings is 1. The van der Waals surface area contributed by atoms with Crippen LogP contribution in [0.1, 0.15) is 15.9 Å². The first-order valence-corrected chi connectivity index (χ1v) is 11.5. The minimum atomic E-state index is -0.442. The number of carbonyl (C=O) groups excluding carboxylic acids is 2. The second kappa shape index (κ2) is 9.37. The Labute approximate surface area is 192 Å². The van der Waals surface area contributed by atoms with Gasteiger partial charge >= 0.3 is 5.97 Å². The molecule has 162 valence electrons. The van der Waals surface area contributed by atoms with Gasteiger partial charge in [-0.05, 0) is 54.3 Å². The van der Waals surface area contributed by atoms with Gasteiger partial charge in [0, 0.05) is 5.69 Å². The van der Waals surface area contributed by atoms with Crippen molar-refractivity contribution in [3.05, 3.63) is 81.5 Å². The number of hydrogen-bond acceptors (Lipinski definition) is 7. The first-order valence-electron chi connectivity index (χ1n) is 9.65. The summed E-state index contributed by atoms with van der Waals surface area (Å²) in [7, 11) is 1.31. The molecule has 0 aliphatic carbocycles. The molecule has 2 aromatic heterocycles. The molecule has 0 bridgehead atoms.